The van der Waals surface area contributed by atoms with Crippen molar-refractivity contribution in [2.45, 2.75) is 6.10 Å². The molecule has 0 amide bonds. The summed E-state index contributed by atoms with van der Waals surface area (Å²) in [4.78, 5) is 0. The van der Waals surface area contributed by atoms with Crippen LogP contribution in [0, 0.1) is 0 Å². The Morgan fingerprint density at radius 1 is 1.53 bits per heavy atom. The van der Waals surface area contributed by atoms with Gasteiger partial charge in [0, 0.05) is 6.54 Å². The Morgan fingerprint density at radius 3 is 3.20 bits per heavy atom. The van der Waals surface area contributed by atoms with Gasteiger partial charge in [0.25, 0.3) is 0 Å². The molecular weight excluding hydrogens is 212 g/mol. The summed E-state index contributed by atoms with van der Waals surface area (Å²) in [5.41, 5.74) is 5.29. The summed E-state index contributed by atoms with van der Waals surface area (Å²) < 4.78 is 10.6. The molecule has 0 aliphatic carbocycles. The second kappa shape index (κ2) is 4.57. The van der Waals surface area contributed by atoms with Gasteiger partial charge >= 0.3 is 0 Å². The van der Waals surface area contributed by atoms with Crippen molar-refractivity contribution in [3.63, 3.8) is 0 Å². The van der Waals surface area contributed by atoms with Gasteiger partial charge in [-0.1, -0.05) is 6.07 Å². The zero-order valence-corrected chi connectivity index (χ0v) is 8.91. The third-order valence-corrected chi connectivity index (χ3v) is 2.83. The summed E-state index contributed by atoms with van der Waals surface area (Å²) in [6.45, 7) is 0.420. The Morgan fingerprint density at radius 2 is 2.40 bits per heavy atom. The first-order chi connectivity index (χ1) is 7.31. The van der Waals surface area contributed by atoms with Gasteiger partial charge in [0.1, 0.15) is 18.5 Å². The van der Waals surface area contributed by atoms with Crippen molar-refractivity contribution >= 4 is 21.6 Å². The predicted molar refractivity (Wildman–Crippen MR) is 60.2 cm³/mol. The van der Waals surface area contributed by atoms with E-state index in [1.165, 1.54) is 11.5 Å². The van der Waals surface area contributed by atoms with E-state index in [9.17, 15) is 5.11 Å². The van der Waals surface area contributed by atoms with Gasteiger partial charge < -0.3 is 15.6 Å². The molecule has 0 saturated heterocycles. The van der Waals surface area contributed by atoms with E-state index < -0.39 is 6.10 Å². The monoisotopic (exact) mass is 224 g/mol. The van der Waals surface area contributed by atoms with E-state index in [-0.39, 0.29) is 13.2 Å². The number of aromatic nitrogens is 1. The number of aliphatic hydroxyl groups is 1. The fraction of sp³-hybridized carbons (Fsp3) is 0.300. The Bertz CT molecular complexity index is 444. The molecule has 2 rings (SSSR count). The lowest BCUT2D eigenvalue weighted by Gasteiger charge is -2.10. The van der Waals surface area contributed by atoms with Gasteiger partial charge in [-0.05, 0) is 23.7 Å². The number of fused-ring (bicyclic) bond motifs is 1. The van der Waals surface area contributed by atoms with Crippen LogP contribution in [0.15, 0.2) is 24.4 Å². The van der Waals surface area contributed by atoms with Crippen molar-refractivity contribution < 1.29 is 9.84 Å². The highest BCUT2D eigenvalue weighted by Gasteiger charge is 2.06. The van der Waals surface area contributed by atoms with E-state index in [2.05, 4.69) is 4.37 Å². The predicted octanol–water partition coefficient (Wildman–Crippen LogP) is 0.995. The van der Waals surface area contributed by atoms with Gasteiger partial charge in [0.15, 0.2) is 0 Å². The molecule has 0 aliphatic heterocycles. The van der Waals surface area contributed by atoms with E-state index in [1.54, 1.807) is 6.20 Å². The van der Waals surface area contributed by atoms with Crippen LogP contribution in [0.25, 0.3) is 10.1 Å². The molecule has 2 aromatic rings. The largest absolute Gasteiger partial charge is 0.490 e. The Kier molecular flexibility index (Phi) is 3.15. The number of ether oxygens (including phenoxy) is 1. The minimum absolute atomic E-state index is 0.206. The first kappa shape index (κ1) is 10.4. The maximum atomic E-state index is 9.28. The molecule has 15 heavy (non-hydrogen) atoms. The van der Waals surface area contributed by atoms with Crippen LogP contribution in [0.2, 0.25) is 0 Å². The Balaban J connectivity index is 2.17. The van der Waals surface area contributed by atoms with Crippen LogP contribution in [0.4, 0.5) is 0 Å². The zero-order chi connectivity index (χ0) is 10.7. The first-order valence-electron chi connectivity index (χ1n) is 4.65. The Labute approximate surface area is 91.5 Å². The molecule has 0 bridgehead atoms. The zero-order valence-electron chi connectivity index (χ0n) is 8.09. The fourth-order valence-corrected chi connectivity index (χ4v) is 1.91. The van der Waals surface area contributed by atoms with Gasteiger partial charge in [0.05, 0.1) is 16.3 Å². The number of nitrogens with two attached hydrogens (primary N) is 1. The summed E-state index contributed by atoms with van der Waals surface area (Å²) in [6, 6.07) is 5.75. The third kappa shape index (κ3) is 2.26. The number of nitrogens with zero attached hydrogens (tertiary/aromatic N) is 1. The van der Waals surface area contributed by atoms with Gasteiger partial charge in [-0.15, -0.1) is 0 Å². The maximum Gasteiger partial charge on any atom is 0.129 e. The third-order valence-electron chi connectivity index (χ3n) is 2.06. The lowest BCUT2D eigenvalue weighted by atomic mass is 10.2. The minimum atomic E-state index is -0.619. The molecule has 0 radical (unpaired) electrons. The van der Waals surface area contributed by atoms with Crippen molar-refractivity contribution in [3.8, 4) is 5.75 Å². The van der Waals surface area contributed by atoms with Crippen molar-refractivity contribution in [3.05, 3.63) is 24.4 Å². The molecule has 0 aliphatic rings. The highest BCUT2D eigenvalue weighted by Crippen LogP contribution is 2.27. The van der Waals surface area contributed by atoms with Crippen LogP contribution in [-0.4, -0.2) is 28.7 Å². The SMILES string of the molecule is NCC(O)COc1cccc2sncc12. The summed E-state index contributed by atoms with van der Waals surface area (Å²) in [5, 5.41) is 10.3. The molecule has 0 saturated carbocycles. The number of rotatable bonds is 4. The van der Waals surface area contributed by atoms with E-state index in [4.69, 9.17) is 10.5 Å². The van der Waals surface area contributed by atoms with E-state index in [0.29, 0.717) is 0 Å². The molecule has 1 aromatic heterocycles. The summed E-state index contributed by atoms with van der Waals surface area (Å²) in [6.07, 6.45) is 1.15. The van der Waals surface area contributed by atoms with E-state index >= 15 is 0 Å². The van der Waals surface area contributed by atoms with Crippen molar-refractivity contribution in [1.29, 1.82) is 0 Å². The maximum absolute atomic E-state index is 9.28. The van der Waals surface area contributed by atoms with Crippen molar-refractivity contribution in [2.24, 2.45) is 5.73 Å². The average molecular weight is 224 g/mol. The van der Waals surface area contributed by atoms with Crippen molar-refractivity contribution in [2.75, 3.05) is 13.2 Å². The summed E-state index contributed by atoms with van der Waals surface area (Å²) in [5.74, 6) is 0.744. The number of benzene rings is 1. The Hall–Kier alpha value is -1.17. The molecule has 4 nitrogen and oxygen atoms in total. The van der Waals surface area contributed by atoms with Crippen LogP contribution >= 0.6 is 11.5 Å². The highest BCUT2D eigenvalue weighted by atomic mass is 32.1. The molecule has 3 N–H and O–H groups in total. The van der Waals surface area contributed by atoms with E-state index in [0.717, 1.165) is 15.8 Å². The molecule has 1 unspecified atom stereocenters. The average Bonchev–Trinajstić information content (AvgIpc) is 2.74. The van der Waals surface area contributed by atoms with Crippen LogP contribution in [0.3, 0.4) is 0 Å². The summed E-state index contributed by atoms with van der Waals surface area (Å²) in [7, 11) is 0. The lowest BCUT2D eigenvalue weighted by molar-refractivity contribution is 0.115. The quantitative estimate of drug-likeness (QED) is 0.812. The summed E-state index contributed by atoms with van der Waals surface area (Å²) >= 11 is 1.42. The smallest absolute Gasteiger partial charge is 0.129 e. The molecule has 0 spiro atoms. The van der Waals surface area contributed by atoms with Crippen LogP contribution in [-0.2, 0) is 0 Å². The molecule has 80 valence electrons. The van der Waals surface area contributed by atoms with Crippen molar-refractivity contribution in [1.82, 2.24) is 4.37 Å². The lowest BCUT2D eigenvalue weighted by Crippen LogP contribution is -2.26. The van der Waals surface area contributed by atoms with Gasteiger partial charge in [0.2, 0.25) is 0 Å². The molecule has 1 atom stereocenters. The van der Waals surface area contributed by atoms with E-state index in [1.807, 2.05) is 18.2 Å². The van der Waals surface area contributed by atoms with Gasteiger partial charge in [-0.3, -0.25) is 0 Å². The van der Waals surface area contributed by atoms with Gasteiger partial charge in [-0.2, -0.15) is 4.37 Å². The van der Waals surface area contributed by atoms with Crippen LogP contribution in [0.5, 0.6) is 5.75 Å². The second-order valence-electron chi connectivity index (χ2n) is 3.19. The van der Waals surface area contributed by atoms with Gasteiger partial charge in [-0.25, -0.2) is 0 Å². The molecular formula is C10H12N2O2S. The molecule has 1 aromatic carbocycles. The normalized spacial score (nSPS) is 12.9. The molecule has 0 fully saturated rings. The molecule has 1 heterocycles. The first-order valence-corrected chi connectivity index (χ1v) is 5.43. The fourth-order valence-electron chi connectivity index (χ4n) is 1.25. The number of aliphatic hydroxyl groups excluding tert-OH is 1. The minimum Gasteiger partial charge on any atom is -0.490 e. The molecule has 5 heteroatoms. The van der Waals surface area contributed by atoms with Crippen LogP contribution < -0.4 is 10.5 Å². The van der Waals surface area contributed by atoms with Crippen LogP contribution in [0.1, 0.15) is 0 Å². The number of hydrogen-bond donors (Lipinski definition) is 2. The standard InChI is InChI=1S/C10H12N2O2S/c11-4-7(13)6-14-9-2-1-3-10-8(9)5-12-15-10/h1-3,5,7,13H,4,6,11H2. The highest BCUT2D eigenvalue weighted by molar-refractivity contribution is 7.13. The topological polar surface area (TPSA) is 68.4 Å². The second-order valence-corrected chi connectivity index (χ2v) is 4.03. The number of hydrogen-bond acceptors (Lipinski definition) is 5.